The maximum absolute atomic E-state index is 15.1. The summed E-state index contributed by atoms with van der Waals surface area (Å²) in [6.07, 6.45) is -2.33. The van der Waals surface area contributed by atoms with Gasteiger partial charge in [0, 0.05) is 47.9 Å². The van der Waals surface area contributed by atoms with Crippen molar-refractivity contribution in [3.05, 3.63) is 88.5 Å². The molecule has 0 fully saturated rings. The summed E-state index contributed by atoms with van der Waals surface area (Å²) in [7, 11) is 0. The van der Waals surface area contributed by atoms with E-state index < -0.39 is 47.4 Å². The van der Waals surface area contributed by atoms with Crippen LogP contribution in [0, 0.1) is 19.7 Å². The zero-order valence-electron chi connectivity index (χ0n) is 28.7. The monoisotopic (exact) mass is 692 g/mol. The van der Waals surface area contributed by atoms with Crippen LogP contribution in [0.2, 0.25) is 0 Å². The summed E-state index contributed by atoms with van der Waals surface area (Å²) in [5, 5.41) is 14.9. The number of amides is 1. The lowest BCUT2D eigenvalue weighted by Crippen LogP contribution is -2.43. The van der Waals surface area contributed by atoms with Crippen molar-refractivity contribution in [1.29, 1.82) is 0 Å². The Labute approximate surface area is 282 Å². The zero-order chi connectivity index (χ0) is 37.3. The van der Waals surface area contributed by atoms with Crippen molar-refractivity contribution in [3.63, 3.8) is 0 Å². The highest BCUT2D eigenvalue weighted by Crippen LogP contribution is 2.39. The minimum Gasteiger partial charge on any atom is -0.480 e. The molecule has 0 radical (unpaired) electrons. The lowest BCUT2D eigenvalue weighted by atomic mass is 9.92. The van der Waals surface area contributed by atoms with E-state index in [-0.39, 0.29) is 40.9 Å². The highest BCUT2D eigenvalue weighted by Gasteiger charge is 2.38. The van der Waals surface area contributed by atoms with Crippen LogP contribution in [0.25, 0.3) is 22.2 Å². The van der Waals surface area contributed by atoms with Crippen LogP contribution in [0.15, 0.2) is 54.9 Å². The first-order valence-electron chi connectivity index (χ1n) is 15.9. The van der Waals surface area contributed by atoms with Gasteiger partial charge in [0.2, 0.25) is 0 Å². The van der Waals surface area contributed by atoms with E-state index in [1.54, 1.807) is 19.1 Å². The molecule has 0 aliphatic rings. The standard InChI is InChI=1S/C32H30F6N4O3.2C2H6/c1-5-24(32(36,37)38)41-19-13-17(3)25(22(33)15-19)29(43)42-23(30(44)45)14-18-8-9-21(27-20(18)7-6-11-39-27)28-26(31(4,34)35)16(2)10-12-40-28;2*1-2/h6-13,15,23-24,41H,5,14H2,1-4H3,(H,42,43)(H,44,45);2*1-2H3/t23-,24+;;/m0../s1. The molecule has 4 rings (SSSR count). The molecule has 7 nitrogen and oxygen atoms in total. The molecule has 266 valence electrons. The van der Waals surface area contributed by atoms with Gasteiger partial charge in [-0.25, -0.2) is 18.0 Å². The molecule has 0 saturated heterocycles. The van der Waals surface area contributed by atoms with Gasteiger partial charge in [-0.2, -0.15) is 13.2 Å². The van der Waals surface area contributed by atoms with E-state index in [0.717, 1.165) is 13.0 Å². The molecular formula is C36H42F6N4O3. The number of aromatic nitrogens is 2. The van der Waals surface area contributed by atoms with E-state index in [4.69, 9.17) is 0 Å². The van der Waals surface area contributed by atoms with E-state index in [9.17, 15) is 36.6 Å². The van der Waals surface area contributed by atoms with Gasteiger partial charge in [0.1, 0.15) is 17.9 Å². The lowest BCUT2D eigenvalue weighted by molar-refractivity contribution is -0.143. The molecule has 0 bridgehead atoms. The number of alkyl halides is 5. The van der Waals surface area contributed by atoms with Crippen LogP contribution in [0.5, 0.6) is 0 Å². The number of carbonyl (C=O) groups is 2. The third-order valence-electron chi connectivity index (χ3n) is 7.40. The Hall–Kier alpha value is -4.68. The van der Waals surface area contributed by atoms with Crippen molar-refractivity contribution in [3.8, 4) is 11.3 Å². The van der Waals surface area contributed by atoms with Gasteiger partial charge in [0.15, 0.2) is 0 Å². The smallest absolute Gasteiger partial charge is 0.408 e. The van der Waals surface area contributed by atoms with Gasteiger partial charge >= 0.3 is 12.1 Å². The first-order chi connectivity index (χ1) is 23.0. The van der Waals surface area contributed by atoms with Crippen LogP contribution in [-0.4, -0.2) is 45.2 Å². The number of anilines is 1. The van der Waals surface area contributed by atoms with Crippen molar-refractivity contribution in [2.24, 2.45) is 0 Å². The van der Waals surface area contributed by atoms with Crippen LogP contribution in [0.4, 0.5) is 32.0 Å². The zero-order valence-corrected chi connectivity index (χ0v) is 28.7. The molecule has 49 heavy (non-hydrogen) atoms. The summed E-state index contributed by atoms with van der Waals surface area (Å²) >= 11 is 0. The van der Waals surface area contributed by atoms with Gasteiger partial charge in [0.05, 0.1) is 16.8 Å². The second kappa shape index (κ2) is 17.1. The topological polar surface area (TPSA) is 104 Å². The minimum atomic E-state index is -4.58. The number of aryl methyl sites for hydroxylation is 2. The molecule has 2 heterocycles. The number of nitrogens with one attached hydrogen (secondary N) is 2. The normalized spacial score (nSPS) is 12.5. The van der Waals surface area contributed by atoms with Crippen molar-refractivity contribution in [1.82, 2.24) is 15.3 Å². The Bertz CT molecular complexity index is 1730. The number of carboxylic acid groups (broad SMARTS) is 1. The fraction of sp³-hybridized carbons (Fsp3) is 0.389. The third kappa shape index (κ3) is 9.70. The van der Waals surface area contributed by atoms with Crippen LogP contribution < -0.4 is 10.6 Å². The van der Waals surface area contributed by atoms with E-state index in [2.05, 4.69) is 20.6 Å². The number of benzene rings is 2. The number of hydrogen-bond acceptors (Lipinski definition) is 5. The van der Waals surface area contributed by atoms with Gasteiger partial charge in [-0.1, -0.05) is 52.8 Å². The Morgan fingerprint density at radius 2 is 1.57 bits per heavy atom. The molecule has 2 atom stereocenters. The average Bonchev–Trinajstić information content (AvgIpc) is 3.03. The maximum atomic E-state index is 15.1. The van der Waals surface area contributed by atoms with E-state index in [0.29, 0.717) is 22.1 Å². The van der Waals surface area contributed by atoms with Gasteiger partial charge in [-0.05, 0) is 61.2 Å². The first-order valence-corrected chi connectivity index (χ1v) is 15.9. The summed E-state index contributed by atoms with van der Waals surface area (Å²) in [5.41, 5.74) is 0.333. The van der Waals surface area contributed by atoms with Crippen molar-refractivity contribution in [2.45, 2.75) is 92.4 Å². The Morgan fingerprint density at radius 1 is 0.918 bits per heavy atom. The van der Waals surface area contributed by atoms with Crippen LogP contribution in [0.1, 0.15) is 80.6 Å². The van der Waals surface area contributed by atoms with Gasteiger partial charge in [-0.15, -0.1) is 0 Å². The molecular weight excluding hydrogens is 650 g/mol. The number of carboxylic acids is 1. The molecule has 0 unspecified atom stereocenters. The highest BCUT2D eigenvalue weighted by molar-refractivity contribution is 5.99. The molecule has 4 aromatic rings. The molecule has 1 amide bonds. The largest absolute Gasteiger partial charge is 0.480 e. The molecule has 0 aliphatic heterocycles. The fourth-order valence-corrected chi connectivity index (χ4v) is 5.30. The summed E-state index contributed by atoms with van der Waals surface area (Å²) < 4.78 is 83.9. The number of hydrogen-bond donors (Lipinski definition) is 3. The van der Waals surface area contributed by atoms with Crippen LogP contribution in [0.3, 0.4) is 0 Å². The van der Waals surface area contributed by atoms with Gasteiger partial charge in [-0.3, -0.25) is 14.8 Å². The predicted octanol–water partition coefficient (Wildman–Crippen LogP) is 9.40. The van der Waals surface area contributed by atoms with Crippen molar-refractivity contribution < 1.29 is 41.0 Å². The quantitative estimate of drug-likeness (QED) is 0.143. The summed E-state index contributed by atoms with van der Waals surface area (Å²) in [6.45, 7) is 12.9. The Balaban J connectivity index is 0.00000201. The Morgan fingerprint density at radius 3 is 2.12 bits per heavy atom. The number of fused-ring (bicyclic) bond motifs is 1. The maximum Gasteiger partial charge on any atom is 0.408 e. The fourth-order valence-electron chi connectivity index (χ4n) is 5.30. The number of halogens is 6. The molecule has 2 aromatic heterocycles. The van der Waals surface area contributed by atoms with Crippen LogP contribution in [-0.2, 0) is 17.1 Å². The van der Waals surface area contributed by atoms with E-state index >= 15 is 4.39 Å². The second-order valence-corrected chi connectivity index (χ2v) is 10.8. The van der Waals surface area contributed by atoms with Gasteiger partial charge < -0.3 is 15.7 Å². The lowest BCUT2D eigenvalue weighted by Gasteiger charge is -2.22. The molecule has 0 saturated carbocycles. The minimum absolute atomic E-state index is 0.00986. The van der Waals surface area contributed by atoms with E-state index in [1.165, 1.54) is 50.5 Å². The average molecular weight is 693 g/mol. The molecule has 13 heteroatoms. The summed E-state index contributed by atoms with van der Waals surface area (Å²) in [5.74, 6) is -6.87. The second-order valence-electron chi connectivity index (χ2n) is 10.8. The van der Waals surface area contributed by atoms with E-state index in [1.807, 2.05) is 27.7 Å². The molecule has 0 aliphatic carbocycles. The number of nitrogens with zero attached hydrogens (tertiary/aromatic N) is 2. The number of pyridine rings is 2. The number of carbonyl (C=O) groups excluding carboxylic acids is 1. The highest BCUT2D eigenvalue weighted by atomic mass is 19.4. The third-order valence-corrected chi connectivity index (χ3v) is 7.40. The van der Waals surface area contributed by atoms with Crippen molar-refractivity contribution in [2.75, 3.05) is 5.32 Å². The summed E-state index contributed by atoms with van der Waals surface area (Å²) in [6, 6.07) is 6.13. The molecule has 0 spiro atoms. The predicted molar refractivity (Wildman–Crippen MR) is 179 cm³/mol. The summed E-state index contributed by atoms with van der Waals surface area (Å²) in [4.78, 5) is 33.9. The number of aliphatic carboxylic acids is 1. The first kappa shape index (κ1) is 40.5. The Kier molecular flexibility index (Phi) is 14.1. The van der Waals surface area contributed by atoms with Gasteiger partial charge in [0.25, 0.3) is 11.8 Å². The molecule has 2 aromatic carbocycles. The van der Waals surface area contributed by atoms with Crippen LogP contribution >= 0.6 is 0 Å². The van der Waals surface area contributed by atoms with Crippen molar-refractivity contribution >= 4 is 28.5 Å². The molecule has 3 N–H and O–H groups in total. The SMILES string of the molecule is CC.CC.CC[C@@H](Nc1cc(C)c(C(=O)N[C@@H](Cc2ccc(-c3nccc(C)c3C(C)(F)F)c3ncccc23)C(=O)O)c(F)c1)C(F)(F)F. The number of rotatable bonds is 10.